The number of nitrogens with one attached hydrogen (secondary N) is 2. The predicted molar refractivity (Wildman–Crippen MR) is 137 cm³/mol. The number of carbonyl (C=O) groups is 1. The highest BCUT2D eigenvalue weighted by Crippen LogP contribution is 2.38. The minimum absolute atomic E-state index is 0.0457. The second-order valence-electron chi connectivity index (χ2n) is 7.77. The molecule has 4 aromatic carbocycles. The number of aromatic amines is 1. The van der Waals surface area contributed by atoms with Crippen molar-refractivity contribution in [2.24, 2.45) is 0 Å². The van der Waals surface area contributed by atoms with Crippen LogP contribution in [0.1, 0.15) is 10.4 Å². The van der Waals surface area contributed by atoms with Gasteiger partial charge in [0.2, 0.25) is 0 Å². The number of benzene rings is 4. The number of hydrogen-bond donors (Lipinski definition) is 2. The average molecular weight is 453 g/mol. The summed E-state index contributed by atoms with van der Waals surface area (Å²) in [7, 11) is 1.67. The lowest BCUT2D eigenvalue weighted by molar-refractivity contribution is 0.0956. The van der Waals surface area contributed by atoms with Gasteiger partial charge in [0.1, 0.15) is 5.75 Å². The zero-order valence-corrected chi connectivity index (χ0v) is 19.1. The zero-order chi connectivity index (χ0) is 22.6. The minimum Gasteiger partial charge on any atom is -0.497 e. The highest BCUT2D eigenvalue weighted by atomic mass is 32.2. The summed E-state index contributed by atoms with van der Waals surface area (Å²) >= 11 is 1.75. The highest BCUT2D eigenvalue weighted by molar-refractivity contribution is 7.99. The van der Waals surface area contributed by atoms with Crippen LogP contribution in [0.3, 0.4) is 0 Å². The Hall–Kier alpha value is -3.70. The van der Waals surface area contributed by atoms with Gasteiger partial charge in [0, 0.05) is 33.7 Å². The Kier molecular flexibility index (Phi) is 6.05. The molecule has 0 fully saturated rings. The first-order valence-corrected chi connectivity index (χ1v) is 11.9. The van der Waals surface area contributed by atoms with Gasteiger partial charge in [-0.1, -0.05) is 48.5 Å². The van der Waals surface area contributed by atoms with Crippen LogP contribution < -0.4 is 10.1 Å². The van der Waals surface area contributed by atoms with E-state index in [-0.39, 0.29) is 5.91 Å². The normalized spacial score (nSPS) is 11.1. The number of carbonyl (C=O) groups excluding carboxylic acids is 1. The number of ether oxygens (including phenoxy) is 1. The molecule has 0 bridgehead atoms. The fraction of sp³-hybridized carbons (Fsp3) is 0.107. The predicted octanol–water partition coefficient (Wildman–Crippen LogP) is 6.52. The summed E-state index contributed by atoms with van der Waals surface area (Å²) in [5.74, 6) is 1.56. The SMILES string of the molecule is COc1ccc(-c2[nH]c3ccccc3c2SCCNC(=O)c2ccc3ccccc3c2)cc1. The third kappa shape index (κ3) is 4.45. The van der Waals surface area contributed by atoms with Gasteiger partial charge in [0.05, 0.1) is 12.8 Å². The van der Waals surface area contributed by atoms with E-state index >= 15 is 0 Å². The summed E-state index contributed by atoms with van der Waals surface area (Å²) in [4.78, 5) is 17.4. The van der Waals surface area contributed by atoms with Gasteiger partial charge in [-0.25, -0.2) is 0 Å². The van der Waals surface area contributed by atoms with Crippen LogP contribution in [0.2, 0.25) is 0 Å². The summed E-state index contributed by atoms with van der Waals surface area (Å²) in [5.41, 5.74) is 3.98. The Balaban J connectivity index is 1.30. The largest absolute Gasteiger partial charge is 0.497 e. The van der Waals surface area contributed by atoms with Gasteiger partial charge in [-0.3, -0.25) is 4.79 Å². The molecule has 0 aliphatic rings. The standard InChI is InChI=1S/C28H24N2O2S/c1-32-23-14-12-20(13-15-23)26-27(24-8-4-5-9-25(24)30-26)33-17-16-29-28(31)22-11-10-19-6-2-3-7-21(19)18-22/h2-15,18,30H,16-17H2,1H3,(H,29,31). The maximum atomic E-state index is 12.7. The van der Waals surface area contributed by atoms with E-state index in [9.17, 15) is 4.79 Å². The first-order chi connectivity index (χ1) is 16.2. The Morgan fingerprint density at radius 3 is 2.48 bits per heavy atom. The molecular weight excluding hydrogens is 428 g/mol. The lowest BCUT2D eigenvalue weighted by atomic mass is 10.1. The van der Waals surface area contributed by atoms with E-state index < -0.39 is 0 Å². The van der Waals surface area contributed by atoms with Crippen molar-refractivity contribution in [1.29, 1.82) is 0 Å². The smallest absolute Gasteiger partial charge is 0.251 e. The first-order valence-electron chi connectivity index (χ1n) is 10.9. The summed E-state index contributed by atoms with van der Waals surface area (Å²) in [6.07, 6.45) is 0. The second-order valence-corrected chi connectivity index (χ2v) is 8.87. The molecule has 4 nitrogen and oxygen atoms in total. The van der Waals surface area contributed by atoms with Crippen LogP contribution in [-0.4, -0.2) is 30.3 Å². The van der Waals surface area contributed by atoms with Crippen molar-refractivity contribution in [3.05, 3.63) is 96.6 Å². The molecule has 0 aliphatic heterocycles. The van der Waals surface area contributed by atoms with E-state index in [0.29, 0.717) is 12.1 Å². The van der Waals surface area contributed by atoms with Crippen molar-refractivity contribution in [3.63, 3.8) is 0 Å². The van der Waals surface area contributed by atoms with Crippen molar-refractivity contribution in [2.75, 3.05) is 19.4 Å². The molecule has 0 saturated heterocycles. The third-order valence-electron chi connectivity index (χ3n) is 5.68. The molecule has 164 valence electrons. The van der Waals surface area contributed by atoms with Crippen LogP contribution >= 0.6 is 11.8 Å². The number of amides is 1. The van der Waals surface area contributed by atoms with Crippen LogP contribution in [0.15, 0.2) is 95.9 Å². The molecule has 2 N–H and O–H groups in total. The van der Waals surface area contributed by atoms with Crippen molar-refractivity contribution < 1.29 is 9.53 Å². The van der Waals surface area contributed by atoms with E-state index in [2.05, 4.69) is 46.7 Å². The molecule has 1 aromatic heterocycles. The monoisotopic (exact) mass is 452 g/mol. The van der Waals surface area contributed by atoms with Gasteiger partial charge in [0.25, 0.3) is 5.91 Å². The molecule has 5 heteroatoms. The Morgan fingerprint density at radius 2 is 1.67 bits per heavy atom. The fourth-order valence-corrected chi connectivity index (χ4v) is 5.03. The van der Waals surface area contributed by atoms with Crippen LogP contribution in [0.5, 0.6) is 5.75 Å². The highest BCUT2D eigenvalue weighted by Gasteiger charge is 2.14. The molecule has 0 radical (unpaired) electrons. The fourth-order valence-electron chi connectivity index (χ4n) is 3.98. The lowest BCUT2D eigenvalue weighted by Crippen LogP contribution is -2.25. The molecule has 0 aliphatic carbocycles. The van der Waals surface area contributed by atoms with Gasteiger partial charge in [-0.2, -0.15) is 0 Å². The number of hydrogen-bond acceptors (Lipinski definition) is 3. The Bertz CT molecular complexity index is 1420. The van der Waals surface area contributed by atoms with E-state index in [1.165, 1.54) is 10.3 Å². The number of para-hydroxylation sites is 1. The molecule has 0 saturated carbocycles. The molecule has 5 rings (SSSR count). The molecule has 0 atom stereocenters. The van der Waals surface area contributed by atoms with E-state index in [1.807, 2.05) is 54.6 Å². The van der Waals surface area contributed by atoms with Gasteiger partial charge >= 0.3 is 0 Å². The van der Waals surface area contributed by atoms with E-state index in [1.54, 1.807) is 18.9 Å². The Labute approximate surface area is 197 Å². The summed E-state index contributed by atoms with van der Waals surface area (Å²) < 4.78 is 5.30. The van der Waals surface area contributed by atoms with Gasteiger partial charge in [0.15, 0.2) is 0 Å². The number of methoxy groups -OCH3 is 1. The van der Waals surface area contributed by atoms with Crippen molar-refractivity contribution in [2.45, 2.75) is 4.90 Å². The molecule has 1 heterocycles. The molecule has 1 amide bonds. The van der Waals surface area contributed by atoms with E-state index in [4.69, 9.17) is 4.74 Å². The van der Waals surface area contributed by atoms with E-state index in [0.717, 1.165) is 39.0 Å². The third-order valence-corrected chi connectivity index (χ3v) is 6.80. The van der Waals surface area contributed by atoms with Crippen molar-refractivity contribution in [1.82, 2.24) is 10.3 Å². The van der Waals surface area contributed by atoms with Gasteiger partial charge in [-0.15, -0.1) is 11.8 Å². The zero-order valence-electron chi connectivity index (χ0n) is 18.3. The summed E-state index contributed by atoms with van der Waals surface area (Å²) in [6, 6.07) is 30.3. The average Bonchev–Trinajstić information content (AvgIpc) is 3.24. The van der Waals surface area contributed by atoms with Crippen LogP contribution in [0.4, 0.5) is 0 Å². The van der Waals surface area contributed by atoms with Gasteiger partial charge < -0.3 is 15.0 Å². The first kappa shape index (κ1) is 21.2. The Morgan fingerprint density at radius 1 is 0.909 bits per heavy atom. The minimum atomic E-state index is -0.0457. The number of fused-ring (bicyclic) bond motifs is 2. The molecular formula is C28H24N2O2S. The van der Waals surface area contributed by atoms with Crippen LogP contribution in [-0.2, 0) is 0 Å². The lowest BCUT2D eigenvalue weighted by Gasteiger charge is -2.08. The van der Waals surface area contributed by atoms with Crippen molar-refractivity contribution >= 4 is 39.3 Å². The molecule has 0 spiro atoms. The number of H-pyrrole nitrogens is 1. The number of thioether (sulfide) groups is 1. The van der Waals surface area contributed by atoms with Gasteiger partial charge in [-0.05, 0) is 58.8 Å². The molecule has 0 unspecified atom stereocenters. The van der Waals surface area contributed by atoms with Crippen LogP contribution in [0.25, 0.3) is 32.9 Å². The second kappa shape index (κ2) is 9.43. The summed E-state index contributed by atoms with van der Waals surface area (Å²) in [5, 5.41) is 6.46. The number of aromatic nitrogens is 1. The topological polar surface area (TPSA) is 54.1 Å². The maximum Gasteiger partial charge on any atom is 0.251 e. The maximum absolute atomic E-state index is 12.7. The summed E-state index contributed by atoms with van der Waals surface area (Å²) in [6.45, 7) is 0.581. The molecule has 5 aromatic rings. The van der Waals surface area contributed by atoms with Crippen molar-refractivity contribution in [3.8, 4) is 17.0 Å². The quantitative estimate of drug-likeness (QED) is 0.218. The number of rotatable bonds is 7. The van der Waals surface area contributed by atoms with Crippen LogP contribution in [0, 0.1) is 0 Å². The molecule has 33 heavy (non-hydrogen) atoms.